The first kappa shape index (κ1) is 12.7. The predicted molar refractivity (Wildman–Crippen MR) is 67.8 cm³/mol. The quantitative estimate of drug-likeness (QED) is 0.788. The van der Waals surface area contributed by atoms with Crippen molar-refractivity contribution in [1.82, 2.24) is 4.90 Å². The molecule has 3 nitrogen and oxygen atoms in total. The van der Waals surface area contributed by atoms with Crippen LogP contribution < -0.4 is 0 Å². The second kappa shape index (κ2) is 5.25. The molecule has 0 bridgehead atoms. The number of carbonyl (C=O) groups is 1. The van der Waals surface area contributed by atoms with Gasteiger partial charge in [0.05, 0.1) is 28.3 Å². The Hall–Kier alpha value is -0.770. The molecular formula is C12H13Cl2NO2. The molecule has 1 fully saturated rings. The monoisotopic (exact) mass is 273 g/mol. The van der Waals surface area contributed by atoms with Gasteiger partial charge in [-0.1, -0.05) is 29.3 Å². The molecule has 0 saturated carbocycles. The van der Waals surface area contributed by atoms with Gasteiger partial charge >= 0.3 is 0 Å². The average molecular weight is 274 g/mol. The third-order valence-corrected chi connectivity index (χ3v) is 3.53. The standard InChI is InChI=1S/C12H13Cl2NO2/c1-8-7-15(5-6-17-8)12(16)9-3-2-4-10(13)11(9)14/h2-4,8H,5-7H2,1H3. The Morgan fingerprint density at radius 3 is 2.94 bits per heavy atom. The van der Waals surface area contributed by atoms with E-state index in [1.165, 1.54) is 0 Å². The molecule has 0 aromatic heterocycles. The van der Waals surface area contributed by atoms with Gasteiger partial charge in [0.2, 0.25) is 0 Å². The number of hydrogen-bond acceptors (Lipinski definition) is 2. The molecular weight excluding hydrogens is 261 g/mol. The van der Waals surface area contributed by atoms with Crippen LogP contribution in [0.25, 0.3) is 0 Å². The number of rotatable bonds is 1. The lowest BCUT2D eigenvalue weighted by molar-refractivity contribution is -0.0124. The third-order valence-electron chi connectivity index (χ3n) is 2.71. The average Bonchev–Trinajstić information content (AvgIpc) is 2.32. The zero-order valence-electron chi connectivity index (χ0n) is 9.45. The fourth-order valence-electron chi connectivity index (χ4n) is 1.84. The maximum Gasteiger partial charge on any atom is 0.255 e. The maximum atomic E-state index is 12.2. The number of amides is 1. The normalized spacial score (nSPS) is 20.4. The highest BCUT2D eigenvalue weighted by molar-refractivity contribution is 6.43. The van der Waals surface area contributed by atoms with Gasteiger partial charge in [0.1, 0.15) is 0 Å². The smallest absolute Gasteiger partial charge is 0.255 e. The van der Waals surface area contributed by atoms with Gasteiger partial charge < -0.3 is 9.64 Å². The van der Waals surface area contributed by atoms with Gasteiger partial charge in [-0.15, -0.1) is 0 Å². The van der Waals surface area contributed by atoms with E-state index in [-0.39, 0.29) is 12.0 Å². The van der Waals surface area contributed by atoms with Gasteiger partial charge in [0, 0.05) is 13.1 Å². The number of hydrogen-bond donors (Lipinski definition) is 0. The van der Waals surface area contributed by atoms with Gasteiger partial charge in [-0.05, 0) is 19.1 Å². The molecule has 1 amide bonds. The summed E-state index contributed by atoms with van der Waals surface area (Å²) in [5.74, 6) is -0.0901. The summed E-state index contributed by atoms with van der Waals surface area (Å²) in [5, 5.41) is 0.720. The Bertz CT molecular complexity index is 437. The highest BCUT2D eigenvalue weighted by Gasteiger charge is 2.24. The minimum absolute atomic E-state index is 0.0608. The van der Waals surface area contributed by atoms with Gasteiger partial charge in [0.15, 0.2) is 0 Å². The summed E-state index contributed by atoms with van der Waals surface area (Å²) in [6, 6.07) is 5.09. The predicted octanol–water partition coefficient (Wildman–Crippen LogP) is 2.85. The minimum Gasteiger partial charge on any atom is -0.375 e. The summed E-state index contributed by atoms with van der Waals surface area (Å²) in [7, 11) is 0. The van der Waals surface area contributed by atoms with Crippen LogP contribution in [0.15, 0.2) is 18.2 Å². The van der Waals surface area contributed by atoms with Crippen LogP contribution in [0.3, 0.4) is 0 Å². The number of halogens is 2. The number of ether oxygens (including phenoxy) is 1. The van der Waals surface area contributed by atoms with Crippen LogP contribution in [0.1, 0.15) is 17.3 Å². The molecule has 1 unspecified atom stereocenters. The molecule has 1 aliphatic heterocycles. The second-order valence-electron chi connectivity index (χ2n) is 4.03. The highest BCUT2D eigenvalue weighted by Crippen LogP contribution is 2.26. The third kappa shape index (κ3) is 2.73. The van der Waals surface area contributed by atoms with E-state index in [0.29, 0.717) is 35.3 Å². The van der Waals surface area contributed by atoms with E-state index in [9.17, 15) is 4.79 Å². The molecule has 1 atom stereocenters. The summed E-state index contributed by atoms with van der Waals surface area (Å²) in [6.45, 7) is 3.68. The molecule has 1 aromatic carbocycles. The van der Waals surface area contributed by atoms with E-state index in [1.807, 2.05) is 6.92 Å². The van der Waals surface area contributed by atoms with Crippen LogP contribution in [0.5, 0.6) is 0 Å². The van der Waals surface area contributed by atoms with Gasteiger partial charge in [-0.2, -0.15) is 0 Å². The van der Waals surface area contributed by atoms with Gasteiger partial charge in [-0.3, -0.25) is 4.79 Å². The van der Waals surface area contributed by atoms with Crippen molar-refractivity contribution in [2.45, 2.75) is 13.0 Å². The van der Waals surface area contributed by atoms with Crippen molar-refractivity contribution >= 4 is 29.1 Å². The van der Waals surface area contributed by atoms with Crippen LogP contribution in [0, 0.1) is 0 Å². The lowest BCUT2D eigenvalue weighted by Gasteiger charge is -2.31. The molecule has 1 heterocycles. The fourth-order valence-corrected chi connectivity index (χ4v) is 2.22. The van der Waals surface area contributed by atoms with Crippen LogP contribution in [0.4, 0.5) is 0 Å². The van der Waals surface area contributed by atoms with Crippen LogP contribution >= 0.6 is 23.2 Å². The Kier molecular flexibility index (Phi) is 3.92. The number of benzene rings is 1. The lowest BCUT2D eigenvalue weighted by atomic mass is 10.1. The van der Waals surface area contributed by atoms with E-state index in [0.717, 1.165) is 0 Å². The maximum absolute atomic E-state index is 12.2. The summed E-state index contributed by atoms with van der Waals surface area (Å²) in [4.78, 5) is 14.0. The Balaban J connectivity index is 2.22. The zero-order chi connectivity index (χ0) is 12.4. The number of carbonyl (C=O) groups excluding carboxylic acids is 1. The summed E-state index contributed by atoms with van der Waals surface area (Å²) in [5.41, 5.74) is 0.452. The first-order valence-corrected chi connectivity index (χ1v) is 6.20. The topological polar surface area (TPSA) is 29.5 Å². The molecule has 0 radical (unpaired) electrons. The Labute approximate surface area is 110 Å². The van der Waals surface area contributed by atoms with Crippen molar-refractivity contribution in [2.75, 3.05) is 19.7 Å². The molecule has 0 aliphatic carbocycles. The Morgan fingerprint density at radius 1 is 1.47 bits per heavy atom. The molecule has 2 rings (SSSR count). The van der Waals surface area contributed by atoms with Gasteiger partial charge in [0.25, 0.3) is 5.91 Å². The van der Waals surface area contributed by atoms with Crippen molar-refractivity contribution < 1.29 is 9.53 Å². The Morgan fingerprint density at radius 2 is 2.24 bits per heavy atom. The van der Waals surface area contributed by atoms with Crippen LogP contribution in [0.2, 0.25) is 10.0 Å². The van der Waals surface area contributed by atoms with E-state index in [1.54, 1.807) is 23.1 Å². The lowest BCUT2D eigenvalue weighted by Crippen LogP contribution is -2.44. The zero-order valence-corrected chi connectivity index (χ0v) is 11.0. The molecule has 1 saturated heterocycles. The van der Waals surface area contributed by atoms with Crippen molar-refractivity contribution in [1.29, 1.82) is 0 Å². The summed E-state index contributed by atoms with van der Waals surface area (Å²) in [6.07, 6.45) is 0.0608. The van der Waals surface area contributed by atoms with Crippen molar-refractivity contribution in [3.05, 3.63) is 33.8 Å². The molecule has 5 heteroatoms. The SMILES string of the molecule is CC1CN(C(=O)c2cccc(Cl)c2Cl)CCO1. The van der Waals surface area contributed by atoms with Gasteiger partial charge in [-0.25, -0.2) is 0 Å². The molecule has 1 aliphatic rings. The van der Waals surface area contributed by atoms with Crippen molar-refractivity contribution in [3.63, 3.8) is 0 Å². The van der Waals surface area contributed by atoms with E-state index < -0.39 is 0 Å². The molecule has 1 aromatic rings. The minimum atomic E-state index is -0.0901. The highest BCUT2D eigenvalue weighted by atomic mass is 35.5. The summed E-state index contributed by atoms with van der Waals surface area (Å²) >= 11 is 11.9. The van der Waals surface area contributed by atoms with Crippen LogP contribution in [-0.4, -0.2) is 36.6 Å². The number of nitrogens with zero attached hydrogens (tertiary/aromatic N) is 1. The molecule has 0 spiro atoms. The fraction of sp³-hybridized carbons (Fsp3) is 0.417. The van der Waals surface area contributed by atoms with E-state index in [2.05, 4.69) is 0 Å². The largest absolute Gasteiger partial charge is 0.375 e. The van der Waals surface area contributed by atoms with Crippen molar-refractivity contribution in [3.8, 4) is 0 Å². The molecule has 17 heavy (non-hydrogen) atoms. The first-order valence-electron chi connectivity index (χ1n) is 5.44. The second-order valence-corrected chi connectivity index (χ2v) is 4.82. The van der Waals surface area contributed by atoms with E-state index in [4.69, 9.17) is 27.9 Å². The first-order chi connectivity index (χ1) is 8.09. The van der Waals surface area contributed by atoms with Crippen molar-refractivity contribution in [2.24, 2.45) is 0 Å². The molecule has 92 valence electrons. The van der Waals surface area contributed by atoms with E-state index >= 15 is 0 Å². The van der Waals surface area contributed by atoms with Crippen LogP contribution in [-0.2, 0) is 4.74 Å². The summed E-state index contributed by atoms with van der Waals surface area (Å²) < 4.78 is 5.40. The number of morpholine rings is 1. The molecule has 0 N–H and O–H groups in total.